The summed E-state index contributed by atoms with van der Waals surface area (Å²) < 4.78 is 44.3. The van der Waals surface area contributed by atoms with Gasteiger partial charge in [-0.25, -0.2) is 18.0 Å². The van der Waals surface area contributed by atoms with Crippen LogP contribution >= 0.6 is 22.6 Å². The molecular formula is C13H6F3IO2. The van der Waals surface area contributed by atoms with Gasteiger partial charge in [0.15, 0.2) is 17.5 Å². The fourth-order valence-corrected chi connectivity index (χ4v) is 1.70. The van der Waals surface area contributed by atoms with E-state index in [1.807, 2.05) is 0 Å². The standard InChI is InChI=1S/C13H6F3IO2/c14-10-5-9(6-11(15)12(10)16)19-13(18)7-1-3-8(17)4-2-7/h1-6H. The zero-order valence-electron chi connectivity index (χ0n) is 9.29. The number of ether oxygens (including phenoxy) is 1. The molecule has 0 saturated carbocycles. The maximum atomic E-state index is 12.9. The summed E-state index contributed by atoms with van der Waals surface area (Å²) in [5.74, 6) is -5.59. The number of hydrogen-bond acceptors (Lipinski definition) is 2. The van der Waals surface area contributed by atoms with Crippen LogP contribution in [-0.2, 0) is 0 Å². The summed E-state index contributed by atoms with van der Waals surface area (Å²) >= 11 is 2.06. The molecule has 2 aromatic rings. The monoisotopic (exact) mass is 378 g/mol. The molecule has 19 heavy (non-hydrogen) atoms. The van der Waals surface area contributed by atoms with Crippen molar-refractivity contribution in [2.45, 2.75) is 0 Å². The third-order valence-electron chi connectivity index (χ3n) is 2.25. The van der Waals surface area contributed by atoms with Crippen molar-refractivity contribution < 1.29 is 22.7 Å². The molecule has 0 aliphatic heterocycles. The van der Waals surface area contributed by atoms with Gasteiger partial charge in [0, 0.05) is 15.7 Å². The first-order valence-electron chi connectivity index (χ1n) is 5.09. The van der Waals surface area contributed by atoms with E-state index < -0.39 is 23.4 Å². The number of halogens is 4. The van der Waals surface area contributed by atoms with Crippen molar-refractivity contribution in [1.29, 1.82) is 0 Å². The molecule has 0 aliphatic rings. The second-order valence-electron chi connectivity index (χ2n) is 3.60. The lowest BCUT2D eigenvalue weighted by atomic mass is 10.2. The number of rotatable bonds is 2. The average molecular weight is 378 g/mol. The Morgan fingerprint density at radius 3 is 2.05 bits per heavy atom. The maximum Gasteiger partial charge on any atom is 0.343 e. The molecule has 0 saturated heterocycles. The van der Waals surface area contributed by atoms with Crippen LogP contribution in [0.15, 0.2) is 36.4 Å². The van der Waals surface area contributed by atoms with Crippen molar-refractivity contribution in [3.8, 4) is 5.75 Å². The quantitative estimate of drug-likeness (QED) is 0.343. The molecule has 0 fully saturated rings. The van der Waals surface area contributed by atoms with E-state index in [9.17, 15) is 18.0 Å². The van der Waals surface area contributed by atoms with Crippen LogP contribution in [0.4, 0.5) is 13.2 Å². The smallest absolute Gasteiger partial charge is 0.343 e. The van der Waals surface area contributed by atoms with Crippen LogP contribution in [0.2, 0.25) is 0 Å². The lowest BCUT2D eigenvalue weighted by molar-refractivity contribution is 0.0733. The summed E-state index contributed by atoms with van der Waals surface area (Å²) in [5, 5.41) is 0. The number of benzene rings is 2. The van der Waals surface area contributed by atoms with Gasteiger partial charge in [0.2, 0.25) is 0 Å². The van der Waals surface area contributed by atoms with Crippen LogP contribution in [0.5, 0.6) is 5.75 Å². The molecule has 0 unspecified atom stereocenters. The summed E-state index contributed by atoms with van der Waals surface area (Å²) in [7, 11) is 0. The highest BCUT2D eigenvalue weighted by Gasteiger charge is 2.14. The fourth-order valence-electron chi connectivity index (χ4n) is 1.34. The molecule has 0 aromatic heterocycles. The Bertz CT molecular complexity index is 603. The minimum atomic E-state index is -1.60. The second kappa shape index (κ2) is 5.60. The zero-order valence-corrected chi connectivity index (χ0v) is 11.4. The zero-order chi connectivity index (χ0) is 14.0. The second-order valence-corrected chi connectivity index (χ2v) is 4.84. The molecular weight excluding hydrogens is 372 g/mol. The van der Waals surface area contributed by atoms with E-state index in [0.717, 1.165) is 3.57 Å². The molecule has 2 nitrogen and oxygen atoms in total. The van der Waals surface area contributed by atoms with Gasteiger partial charge in [-0.3, -0.25) is 0 Å². The van der Waals surface area contributed by atoms with E-state index in [-0.39, 0.29) is 11.3 Å². The van der Waals surface area contributed by atoms with Crippen molar-refractivity contribution in [3.05, 3.63) is 63.0 Å². The van der Waals surface area contributed by atoms with Gasteiger partial charge in [-0.2, -0.15) is 0 Å². The normalized spacial score (nSPS) is 10.3. The number of carbonyl (C=O) groups excluding carboxylic acids is 1. The lowest BCUT2D eigenvalue weighted by Gasteiger charge is -2.05. The van der Waals surface area contributed by atoms with Gasteiger partial charge in [0.05, 0.1) is 5.56 Å². The Morgan fingerprint density at radius 2 is 1.53 bits per heavy atom. The third-order valence-corrected chi connectivity index (χ3v) is 2.97. The molecule has 0 aliphatic carbocycles. The lowest BCUT2D eigenvalue weighted by Crippen LogP contribution is -2.09. The molecule has 0 N–H and O–H groups in total. The van der Waals surface area contributed by atoms with Crippen molar-refractivity contribution in [2.75, 3.05) is 0 Å². The maximum absolute atomic E-state index is 12.9. The number of hydrogen-bond donors (Lipinski definition) is 0. The summed E-state index contributed by atoms with van der Waals surface area (Å²) in [6.07, 6.45) is 0. The predicted octanol–water partition coefficient (Wildman–Crippen LogP) is 3.93. The molecule has 98 valence electrons. The van der Waals surface area contributed by atoms with Crippen LogP contribution in [-0.4, -0.2) is 5.97 Å². The molecule has 2 rings (SSSR count). The highest BCUT2D eigenvalue weighted by Crippen LogP contribution is 2.20. The Balaban J connectivity index is 2.22. The molecule has 0 atom stereocenters. The highest BCUT2D eigenvalue weighted by molar-refractivity contribution is 14.1. The molecule has 0 amide bonds. The van der Waals surface area contributed by atoms with E-state index in [4.69, 9.17) is 4.74 Å². The van der Waals surface area contributed by atoms with E-state index in [0.29, 0.717) is 12.1 Å². The largest absolute Gasteiger partial charge is 0.423 e. The topological polar surface area (TPSA) is 26.3 Å². The van der Waals surface area contributed by atoms with Crippen LogP contribution < -0.4 is 4.74 Å². The van der Waals surface area contributed by atoms with E-state index in [1.165, 1.54) is 12.1 Å². The first-order valence-corrected chi connectivity index (χ1v) is 6.17. The minimum Gasteiger partial charge on any atom is -0.423 e. The highest BCUT2D eigenvalue weighted by atomic mass is 127. The first kappa shape index (κ1) is 13.9. The fraction of sp³-hybridized carbons (Fsp3) is 0. The number of esters is 1. The molecule has 0 spiro atoms. The molecule has 6 heteroatoms. The van der Waals surface area contributed by atoms with Crippen molar-refractivity contribution in [2.24, 2.45) is 0 Å². The number of carbonyl (C=O) groups is 1. The Hall–Kier alpha value is -1.57. The Kier molecular flexibility index (Phi) is 4.08. The van der Waals surface area contributed by atoms with Gasteiger partial charge in [-0.15, -0.1) is 0 Å². The van der Waals surface area contributed by atoms with Gasteiger partial charge < -0.3 is 4.74 Å². The van der Waals surface area contributed by atoms with E-state index in [2.05, 4.69) is 22.6 Å². The van der Waals surface area contributed by atoms with Gasteiger partial charge in [-0.1, -0.05) is 0 Å². The minimum absolute atomic E-state index is 0.227. The molecule has 0 radical (unpaired) electrons. The summed E-state index contributed by atoms with van der Waals surface area (Å²) in [6, 6.07) is 7.62. The summed E-state index contributed by atoms with van der Waals surface area (Å²) in [5.41, 5.74) is 0.227. The molecule has 0 heterocycles. The van der Waals surface area contributed by atoms with Gasteiger partial charge in [0.25, 0.3) is 0 Å². The average Bonchev–Trinajstić information content (AvgIpc) is 2.36. The van der Waals surface area contributed by atoms with Gasteiger partial charge >= 0.3 is 5.97 Å². The predicted molar refractivity (Wildman–Crippen MR) is 70.4 cm³/mol. The van der Waals surface area contributed by atoms with E-state index >= 15 is 0 Å². The van der Waals surface area contributed by atoms with Gasteiger partial charge in [0.1, 0.15) is 5.75 Å². The Morgan fingerprint density at radius 1 is 1.00 bits per heavy atom. The molecule has 2 aromatic carbocycles. The van der Waals surface area contributed by atoms with Gasteiger partial charge in [-0.05, 0) is 46.9 Å². The molecule has 0 bridgehead atoms. The van der Waals surface area contributed by atoms with Crippen molar-refractivity contribution in [3.63, 3.8) is 0 Å². The summed E-state index contributed by atoms with van der Waals surface area (Å²) in [6.45, 7) is 0. The van der Waals surface area contributed by atoms with Crippen LogP contribution in [0.25, 0.3) is 0 Å². The van der Waals surface area contributed by atoms with E-state index in [1.54, 1.807) is 12.1 Å². The van der Waals surface area contributed by atoms with Crippen LogP contribution in [0.3, 0.4) is 0 Å². The van der Waals surface area contributed by atoms with Crippen LogP contribution in [0.1, 0.15) is 10.4 Å². The SMILES string of the molecule is O=C(Oc1cc(F)c(F)c(F)c1)c1ccc(I)cc1. The summed E-state index contributed by atoms with van der Waals surface area (Å²) in [4.78, 5) is 11.7. The van der Waals surface area contributed by atoms with Crippen LogP contribution in [0, 0.1) is 21.0 Å². The van der Waals surface area contributed by atoms with Crippen molar-refractivity contribution >= 4 is 28.6 Å². The Labute approximate surface area is 120 Å². The van der Waals surface area contributed by atoms with Crippen molar-refractivity contribution in [1.82, 2.24) is 0 Å². The third kappa shape index (κ3) is 3.25. The first-order chi connectivity index (χ1) is 8.97.